The number of nitrogens with zero attached hydrogens (tertiary/aromatic N) is 3. The fourth-order valence-corrected chi connectivity index (χ4v) is 1.92. The van der Waals surface area contributed by atoms with Crippen LogP contribution in [0.4, 0.5) is 14.5 Å². The monoisotopic (exact) mass is 324 g/mol. The zero-order valence-electron chi connectivity index (χ0n) is 13.1. The number of hydrogen-bond acceptors (Lipinski definition) is 4. The lowest BCUT2D eigenvalue weighted by Crippen LogP contribution is -2.16. The van der Waals surface area contributed by atoms with Crippen LogP contribution in [0.15, 0.2) is 24.5 Å². The Morgan fingerprint density at radius 3 is 2.83 bits per heavy atom. The van der Waals surface area contributed by atoms with Crippen LogP contribution in [0.2, 0.25) is 0 Å². The average molecular weight is 324 g/mol. The molecular formula is C15H18F2N4O2. The average Bonchev–Trinajstić information content (AvgIpc) is 2.86. The van der Waals surface area contributed by atoms with Crippen molar-refractivity contribution in [3.8, 4) is 5.88 Å². The first-order valence-corrected chi connectivity index (χ1v) is 7.09. The molecule has 0 aliphatic heterocycles. The number of aryl methyl sites for hydroxylation is 1. The van der Waals surface area contributed by atoms with E-state index in [9.17, 15) is 13.6 Å². The van der Waals surface area contributed by atoms with Gasteiger partial charge in [0.15, 0.2) is 0 Å². The van der Waals surface area contributed by atoms with E-state index in [0.717, 1.165) is 4.68 Å². The van der Waals surface area contributed by atoms with Gasteiger partial charge in [0.2, 0.25) is 5.88 Å². The third kappa shape index (κ3) is 4.02. The van der Waals surface area contributed by atoms with Gasteiger partial charge in [-0.25, -0.2) is 13.8 Å². The number of ether oxygens (including phenoxy) is 1. The maximum Gasteiger partial charge on any atom is 0.282 e. The maximum atomic E-state index is 13.0. The Kier molecular flexibility index (Phi) is 5.25. The van der Waals surface area contributed by atoms with Crippen molar-refractivity contribution in [2.75, 3.05) is 11.9 Å². The lowest BCUT2D eigenvalue weighted by Gasteiger charge is -2.12. The van der Waals surface area contributed by atoms with Crippen molar-refractivity contribution in [3.63, 3.8) is 0 Å². The molecule has 2 rings (SSSR count). The minimum absolute atomic E-state index is 0.0360. The van der Waals surface area contributed by atoms with Gasteiger partial charge in [-0.2, -0.15) is 5.10 Å². The lowest BCUT2D eigenvalue weighted by molar-refractivity contribution is 0.102. The van der Waals surface area contributed by atoms with Crippen LogP contribution in [0.25, 0.3) is 0 Å². The van der Waals surface area contributed by atoms with Gasteiger partial charge in [-0.3, -0.25) is 9.48 Å². The number of rotatable bonds is 6. The molecule has 6 nitrogen and oxygen atoms in total. The minimum Gasteiger partial charge on any atom is -0.477 e. The summed E-state index contributed by atoms with van der Waals surface area (Å²) in [6.07, 6.45) is -0.0609. The highest BCUT2D eigenvalue weighted by molar-refractivity contribution is 6.06. The van der Waals surface area contributed by atoms with Crippen LogP contribution in [0, 0.1) is 5.92 Å². The van der Waals surface area contributed by atoms with Crippen LogP contribution < -0.4 is 10.1 Å². The van der Waals surface area contributed by atoms with Gasteiger partial charge in [0, 0.05) is 13.2 Å². The van der Waals surface area contributed by atoms with Crippen molar-refractivity contribution < 1.29 is 18.3 Å². The standard InChI is InChI=1S/C15H18F2N4O2/c1-9(2)8-23-15-10(5-4-6-18-15)14(22)20-11-7-19-21(3)12(11)13(16)17/h4-7,9,13H,8H2,1-3H3,(H,20,22). The quantitative estimate of drug-likeness (QED) is 0.887. The van der Waals surface area contributed by atoms with Gasteiger partial charge in [0.1, 0.15) is 11.3 Å². The molecule has 0 aromatic carbocycles. The van der Waals surface area contributed by atoms with Crippen LogP contribution in [0.5, 0.6) is 5.88 Å². The summed E-state index contributed by atoms with van der Waals surface area (Å²) in [5.41, 5.74) is -0.213. The fraction of sp³-hybridized carbons (Fsp3) is 0.400. The smallest absolute Gasteiger partial charge is 0.282 e. The number of carbonyl (C=O) groups is 1. The van der Waals surface area contributed by atoms with Crippen molar-refractivity contribution in [2.24, 2.45) is 13.0 Å². The number of alkyl halides is 2. The van der Waals surface area contributed by atoms with Crippen molar-refractivity contribution in [2.45, 2.75) is 20.3 Å². The van der Waals surface area contributed by atoms with Crippen molar-refractivity contribution >= 4 is 11.6 Å². The number of halogens is 2. The summed E-state index contributed by atoms with van der Waals surface area (Å²) in [7, 11) is 1.39. The predicted molar refractivity (Wildman–Crippen MR) is 80.7 cm³/mol. The van der Waals surface area contributed by atoms with E-state index < -0.39 is 12.3 Å². The summed E-state index contributed by atoms with van der Waals surface area (Å²) >= 11 is 0. The third-order valence-corrected chi connectivity index (χ3v) is 3.01. The van der Waals surface area contributed by atoms with Crippen LogP contribution >= 0.6 is 0 Å². The molecule has 0 saturated carbocycles. The van der Waals surface area contributed by atoms with Crippen LogP contribution in [0.1, 0.15) is 36.3 Å². The fourth-order valence-electron chi connectivity index (χ4n) is 1.92. The summed E-state index contributed by atoms with van der Waals surface area (Å²) < 4.78 is 32.6. The molecule has 0 radical (unpaired) electrons. The summed E-state index contributed by atoms with van der Waals surface area (Å²) in [5, 5.41) is 6.18. The van der Waals surface area contributed by atoms with Gasteiger partial charge in [0.25, 0.3) is 12.3 Å². The van der Waals surface area contributed by atoms with Gasteiger partial charge in [-0.05, 0) is 18.1 Å². The second-order valence-electron chi connectivity index (χ2n) is 5.38. The largest absolute Gasteiger partial charge is 0.477 e. The number of aromatic nitrogens is 3. The highest BCUT2D eigenvalue weighted by Crippen LogP contribution is 2.27. The van der Waals surface area contributed by atoms with E-state index in [1.165, 1.54) is 25.5 Å². The first-order chi connectivity index (χ1) is 10.9. The highest BCUT2D eigenvalue weighted by Gasteiger charge is 2.22. The molecule has 2 aromatic heterocycles. The van der Waals surface area contributed by atoms with Gasteiger partial charge in [-0.15, -0.1) is 0 Å². The zero-order chi connectivity index (χ0) is 17.0. The van der Waals surface area contributed by atoms with Gasteiger partial charge in [-0.1, -0.05) is 13.8 Å². The van der Waals surface area contributed by atoms with Gasteiger partial charge >= 0.3 is 0 Å². The SMILES string of the molecule is CC(C)COc1ncccc1C(=O)Nc1cnn(C)c1C(F)F. The normalized spacial score (nSPS) is 11.1. The molecule has 0 bridgehead atoms. The zero-order valence-corrected chi connectivity index (χ0v) is 13.1. The predicted octanol–water partition coefficient (Wildman–Crippen LogP) is 3.04. The number of nitrogens with one attached hydrogen (secondary N) is 1. The maximum absolute atomic E-state index is 13.0. The topological polar surface area (TPSA) is 69.0 Å². The second-order valence-corrected chi connectivity index (χ2v) is 5.38. The molecule has 124 valence electrons. The Bertz CT molecular complexity index is 686. The Hall–Kier alpha value is -2.51. The summed E-state index contributed by atoms with van der Waals surface area (Å²) in [5.74, 6) is -0.148. The molecule has 0 aliphatic carbocycles. The first kappa shape index (κ1) is 16.9. The minimum atomic E-state index is -2.75. The van der Waals surface area contributed by atoms with E-state index in [2.05, 4.69) is 15.4 Å². The molecule has 2 heterocycles. The highest BCUT2D eigenvalue weighted by atomic mass is 19.3. The molecule has 1 N–H and O–H groups in total. The molecule has 2 aromatic rings. The third-order valence-electron chi connectivity index (χ3n) is 3.01. The van der Waals surface area contributed by atoms with Crippen molar-refractivity contribution in [3.05, 3.63) is 35.8 Å². The van der Waals surface area contributed by atoms with Crippen molar-refractivity contribution in [1.29, 1.82) is 0 Å². The lowest BCUT2D eigenvalue weighted by atomic mass is 10.2. The van der Waals surface area contributed by atoms with Gasteiger partial charge < -0.3 is 10.1 Å². The summed E-state index contributed by atoms with van der Waals surface area (Å²) in [6.45, 7) is 4.33. The van der Waals surface area contributed by atoms with Gasteiger partial charge in [0.05, 0.1) is 18.5 Å². The number of pyridine rings is 1. The first-order valence-electron chi connectivity index (χ1n) is 7.09. The Morgan fingerprint density at radius 1 is 1.43 bits per heavy atom. The molecule has 1 amide bonds. The Morgan fingerprint density at radius 2 is 2.17 bits per heavy atom. The van der Waals surface area contributed by atoms with Crippen LogP contribution in [0.3, 0.4) is 0 Å². The van der Waals surface area contributed by atoms with Crippen molar-refractivity contribution in [1.82, 2.24) is 14.8 Å². The van der Waals surface area contributed by atoms with E-state index >= 15 is 0 Å². The molecule has 8 heteroatoms. The number of amides is 1. The second kappa shape index (κ2) is 7.17. The van der Waals surface area contributed by atoms with E-state index in [-0.39, 0.29) is 28.7 Å². The Balaban J connectivity index is 2.22. The number of anilines is 1. The molecule has 0 unspecified atom stereocenters. The molecule has 0 saturated heterocycles. The number of carbonyl (C=O) groups excluding carboxylic acids is 1. The van der Waals surface area contributed by atoms with Crippen LogP contribution in [-0.2, 0) is 7.05 Å². The molecule has 0 aliphatic rings. The van der Waals surface area contributed by atoms with E-state index in [4.69, 9.17) is 4.74 Å². The van der Waals surface area contributed by atoms with E-state index in [1.54, 1.807) is 6.07 Å². The number of hydrogen-bond donors (Lipinski definition) is 1. The Labute approximate surface area is 132 Å². The molecule has 0 atom stereocenters. The van der Waals surface area contributed by atoms with E-state index in [0.29, 0.717) is 6.61 Å². The van der Waals surface area contributed by atoms with Crippen LogP contribution in [-0.4, -0.2) is 27.3 Å². The van der Waals surface area contributed by atoms with E-state index in [1.807, 2.05) is 13.8 Å². The molecule has 0 fully saturated rings. The summed E-state index contributed by atoms with van der Waals surface area (Å²) in [6, 6.07) is 3.10. The molecule has 0 spiro atoms. The summed E-state index contributed by atoms with van der Waals surface area (Å²) in [4.78, 5) is 16.4. The molecule has 23 heavy (non-hydrogen) atoms. The molecular weight excluding hydrogens is 306 g/mol.